The number of carboxylic acid groups (broad SMARTS) is 1. The zero-order valence-electron chi connectivity index (χ0n) is 10.7. The molecule has 0 saturated carbocycles. The molecule has 0 spiro atoms. The maximum Gasteiger partial charge on any atom is 0.339 e. The highest BCUT2D eigenvalue weighted by molar-refractivity contribution is 6.05. The molecule has 6 nitrogen and oxygen atoms in total. The summed E-state index contributed by atoms with van der Waals surface area (Å²) in [6.07, 6.45) is 1.38. The van der Waals surface area contributed by atoms with Crippen molar-refractivity contribution in [3.05, 3.63) is 17.5 Å². The molecule has 0 radical (unpaired) electrons. The van der Waals surface area contributed by atoms with Crippen LogP contribution in [0, 0.1) is 6.92 Å². The van der Waals surface area contributed by atoms with Crippen LogP contribution in [0.15, 0.2) is 6.20 Å². The first kappa shape index (κ1) is 12.3. The molecule has 0 bridgehead atoms. The monoisotopic (exact) mass is 248 g/mol. The molecule has 2 N–H and O–H groups in total. The van der Waals surface area contributed by atoms with Gasteiger partial charge in [-0.15, -0.1) is 0 Å². The number of pyridine rings is 1. The number of carbonyl (C=O) groups is 1. The van der Waals surface area contributed by atoms with Crippen LogP contribution in [0.5, 0.6) is 0 Å². The van der Waals surface area contributed by atoms with Gasteiger partial charge < -0.3 is 10.0 Å². The van der Waals surface area contributed by atoms with Gasteiger partial charge in [-0.2, -0.15) is 5.10 Å². The number of anilines is 1. The van der Waals surface area contributed by atoms with Crippen LogP contribution in [-0.2, 0) is 0 Å². The number of hydrogen-bond donors (Lipinski definition) is 2. The van der Waals surface area contributed by atoms with Crippen molar-refractivity contribution in [2.75, 3.05) is 18.0 Å². The fourth-order valence-corrected chi connectivity index (χ4v) is 2.08. The topological polar surface area (TPSA) is 82.1 Å². The molecule has 0 saturated heterocycles. The Kier molecular flexibility index (Phi) is 3.18. The van der Waals surface area contributed by atoms with E-state index >= 15 is 0 Å². The minimum atomic E-state index is -0.998. The second kappa shape index (κ2) is 4.64. The Morgan fingerprint density at radius 3 is 2.67 bits per heavy atom. The lowest BCUT2D eigenvalue weighted by Gasteiger charge is -2.20. The molecular weight excluding hydrogens is 232 g/mol. The van der Waals surface area contributed by atoms with E-state index in [0.717, 1.165) is 30.0 Å². The molecule has 0 fully saturated rings. The number of nitrogens with one attached hydrogen (secondary N) is 1. The Hall–Kier alpha value is -2.11. The van der Waals surface area contributed by atoms with Gasteiger partial charge in [-0.05, 0) is 20.8 Å². The Labute approximate surface area is 105 Å². The maximum atomic E-state index is 11.1. The van der Waals surface area contributed by atoms with E-state index in [1.165, 1.54) is 6.20 Å². The van der Waals surface area contributed by atoms with Crippen LogP contribution in [0.1, 0.15) is 29.9 Å². The van der Waals surface area contributed by atoms with E-state index in [-0.39, 0.29) is 5.56 Å². The van der Waals surface area contributed by atoms with Crippen LogP contribution in [0.2, 0.25) is 0 Å². The quantitative estimate of drug-likeness (QED) is 0.862. The summed E-state index contributed by atoms with van der Waals surface area (Å²) in [6.45, 7) is 7.56. The van der Waals surface area contributed by atoms with E-state index < -0.39 is 5.97 Å². The van der Waals surface area contributed by atoms with Gasteiger partial charge in [0, 0.05) is 19.3 Å². The fourth-order valence-electron chi connectivity index (χ4n) is 2.08. The Morgan fingerprint density at radius 1 is 1.44 bits per heavy atom. The van der Waals surface area contributed by atoms with Gasteiger partial charge in [0.25, 0.3) is 0 Å². The molecule has 0 aromatic carbocycles. The molecule has 0 aliphatic heterocycles. The second-order valence-electron chi connectivity index (χ2n) is 4.03. The molecular formula is C12H16N4O2. The van der Waals surface area contributed by atoms with Crippen molar-refractivity contribution in [3.63, 3.8) is 0 Å². The van der Waals surface area contributed by atoms with Crippen molar-refractivity contribution < 1.29 is 9.90 Å². The van der Waals surface area contributed by atoms with Crippen LogP contribution in [-0.4, -0.2) is 39.3 Å². The summed E-state index contributed by atoms with van der Waals surface area (Å²) in [7, 11) is 0. The zero-order chi connectivity index (χ0) is 13.3. The smallest absolute Gasteiger partial charge is 0.339 e. The summed E-state index contributed by atoms with van der Waals surface area (Å²) in [6, 6.07) is 0. The van der Waals surface area contributed by atoms with Crippen LogP contribution in [0.3, 0.4) is 0 Å². The Bertz CT molecular complexity index is 587. The third-order valence-corrected chi connectivity index (χ3v) is 3.05. The minimum Gasteiger partial charge on any atom is -0.478 e. The first-order chi connectivity index (χ1) is 8.60. The van der Waals surface area contributed by atoms with E-state index in [1.54, 1.807) is 0 Å². The highest BCUT2D eigenvalue weighted by Crippen LogP contribution is 2.28. The standard InChI is InChI=1S/C12H16N4O2/c1-4-16(5-2)11-9-7(3)14-15-10(9)8(6-13-11)12(17)18/h6H,4-5H2,1-3H3,(H,14,15)(H,17,18). The Morgan fingerprint density at radius 2 is 2.11 bits per heavy atom. The van der Waals surface area contributed by atoms with Gasteiger partial charge in [-0.3, -0.25) is 5.10 Å². The predicted molar refractivity (Wildman–Crippen MR) is 69.1 cm³/mol. The summed E-state index contributed by atoms with van der Waals surface area (Å²) >= 11 is 0. The fraction of sp³-hybridized carbons (Fsp3) is 0.417. The second-order valence-corrected chi connectivity index (χ2v) is 4.03. The van der Waals surface area contributed by atoms with Gasteiger partial charge in [0.1, 0.15) is 11.4 Å². The number of aryl methyl sites for hydroxylation is 1. The molecule has 2 aromatic heterocycles. The average molecular weight is 248 g/mol. The van der Waals surface area contributed by atoms with Crippen LogP contribution < -0.4 is 4.90 Å². The van der Waals surface area contributed by atoms with E-state index in [1.807, 2.05) is 20.8 Å². The number of fused-ring (bicyclic) bond motifs is 1. The van der Waals surface area contributed by atoms with E-state index in [2.05, 4.69) is 20.1 Å². The summed E-state index contributed by atoms with van der Waals surface area (Å²) in [4.78, 5) is 17.5. The third kappa shape index (κ3) is 1.79. The molecule has 2 rings (SSSR count). The van der Waals surface area contributed by atoms with E-state index in [9.17, 15) is 4.79 Å². The lowest BCUT2D eigenvalue weighted by atomic mass is 10.1. The van der Waals surface area contributed by atoms with Gasteiger partial charge in [-0.1, -0.05) is 0 Å². The zero-order valence-corrected chi connectivity index (χ0v) is 10.7. The first-order valence-corrected chi connectivity index (χ1v) is 5.92. The Balaban J connectivity index is 2.74. The molecule has 2 aromatic rings. The van der Waals surface area contributed by atoms with Crippen LogP contribution in [0.4, 0.5) is 5.82 Å². The number of nitrogens with zero attached hydrogens (tertiary/aromatic N) is 3. The van der Waals surface area contributed by atoms with Gasteiger partial charge in [0.15, 0.2) is 0 Å². The van der Waals surface area contributed by atoms with Crippen molar-refractivity contribution in [2.45, 2.75) is 20.8 Å². The number of rotatable bonds is 4. The van der Waals surface area contributed by atoms with E-state index in [0.29, 0.717) is 5.52 Å². The molecule has 6 heteroatoms. The van der Waals surface area contributed by atoms with Crippen molar-refractivity contribution in [3.8, 4) is 0 Å². The predicted octanol–water partition coefficient (Wildman–Crippen LogP) is 1.81. The molecule has 0 unspecified atom stereocenters. The maximum absolute atomic E-state index is 11.1. The van der Waals surface area contributed by atoms with Gasteiger partial charge in [-0.25, -0.2) is 9.78 Å². The average Bonchev–Trinajstić information content (AvgIpc) is 2.73. The highest BCUT2D eigenvalue weighted by Gasteiger charge is 2.19. The molecule has 0 amide bonds. The normalized spacial score (nSPS) is 10.8. The molecule has 96 valence electrons. The summed E-state index contributed by atoms with van der Waals surface area (Å²) in [5, 5.41) is 16.8. The lowest BCUT2D eigenvalue weighted by molar-refractivity contribution is 0.0698. The molecule has 0 atom stereocenters. The largest absolute Gasteiger partial charge is 0.478 e. The summed E-state index contributed by atoms with van der Waals surface area (Å²) in [5.41, 5.74) is 1.46. The molecule has 2 heterocycles. The van der Waals surface area contributed by atoms with Crippen molar-refractivity contribution >= 4 is 22.7 Å². The molecule has 18 heavy (non-hydrogen) atoms. The first-order valence-electron chi connectivity index (χ1n) is 5.92. The number of H-pyrrole nitrogens is 1. The van der Waals surface area contributed by atoms with Crippen molar-refractivity contribution in [1.29, 1.82) is 0 Å². The summed E-state index contributed by atoms with van der Waals surface area (Å²) in [5.74, 6) is -0.214. The number of carboxylic acids is 1. The number of aromatic nitrogens is 3. The van der Waals surface area contributed by atoms with Crippen molar-refractivity contribution in [2.24, 2.45) is 0 Å². The van der Waals surface area contributed by atoms with Gasteiger partial charge in [0.2, 0.25) is 0 Å². The van der Waals surface area contributed by atoms with Gasteiger partial charge >= 0.3 is 5.97 Å². The number of aromatic amines is 1. The van der Waals surface area contributed by atoms with E-state index in [4.69, 9.17) is 5.11 Å². The SMILES string of the molecule is CCN(CC)c1ncc(C(=O)O)c2[nH]nc(C)c12. The molecule has 0 aliphatic rings. The number of hydrogen-bond acceptors (Lipinski definition) is 4. The highest BCUT2D eigenvalue weighted by atomic mass is 16.4. The van der Waals surface area contributed by atoms with Crippen molar-refractivity contribution in [1.82, 2.24) is 15.2 Å². The molecule has 0 aliphatic carbocycles. The minimum absolute atomic E-state index is 0.154. The summed E-state index contributed by atoms with van der Waals surface area (Å²) < 4.78 is 0. The third-order valence-electron chi connectivity index (χ3n) is 3.05. The number of aromatic carboxylic acids is 1. The van der Waals surface area contributed by atoms with Crippen LogP contribution in [0.25, 0.3) is 10.9 Å². The van der Waals surface area contributed by atoms with Gasteiger partial charge in [0.05, 0.1) is 16.6 Å². The lowest BCUT2D eigenvalue weighted by Crippen LogP contribution is -2.23. The van der Waals surface area contributed by atoms with Crippen LogP contribution >= 0.6 is 0 Å².